The lowest BCUT2D eigenvalue weighted by Gasteiger charge is -2.39. The molecule has 0 N–H and O–H groups in total. The molecule has 0 spiro atoms. The highest BCUT2D eigenvalue weighted by atomic mass is 19.1. The molecule has 6 heteroatoms. The molecule has 0 radical (unpaired) electrons. The maximum atomic E-state index is 14.1. The summed E-state index contributed by atoms with van der Waals surface area (Å²) in [5.74, 6) is -1.17. The molecule has 1 aromatic carbocycles. The first kappa shape index (κ1) is 19.3. The van der Waals surface area contributed by atoms with Crippen molar-refractivity contribution in [2.45, 2.75) is 32.2 Å². The van der Waals surface area contributed by atoms with Crippen molar-refractivity contribution in [3.05, 3.63) is 35.4 Å². The topological polar surface area (TPSA) is 54.1 Å². The third-order valence-electron chi connectivity index (χ3n) is 4.82. The smallest absolute Gasteiger partial charge is 0.130 e. The number of rotatable bonds is 7. The summed E-state index contributed by atoms with van der Waals surface area (Å²) in [4.78, 5) is 4.46. The van der Waals surface area contributed by atoms with Crippen molar-refractivity contribution >= 4 is 0 Å². The van der Waals surface area contributed by atoms with E-state index in [0.29, 0.717) is 24.9 Å². The van der Waals surface area contributed by atoms with Gasteiger partial charge in [-0.3, -0.25) is 9.80 Å². The first-order valence-corrected chi connectivity index (χ1v) is 8.77. The van der Waals surface area contributed by atoms with E-state index in [-0.39, 0.29) is 12.0 Å². The Bertz CT molecular complexity index is 642. The van der Waals surface area contributed by atoms with Gasteiger partial charge in [0.2, 0.25) is 0 Å². The minimum absolute atomic E-state index is 0.0619. The van der Waals surface area contributed by atoms with Crippen LogP contribution in [0.25, 0.3) is 0 Å². The molecule has 1 fully saturated rings. The second-order valence-corrected chi connectivity index (χ2v) is 6.45. The summed E-state index contributed by atoms with van der Waals surface area (Å²) in [7, 11) is 0. The van der Waals surface area contributed by atoms with Crippen molar-refractivity contribution in [3.8, 4) is 12.1 Å². The number of piperazine rings is 1. The zero-order valence-corrected chi connectivity index (χ0v) is 14.6. The van der Waals surface area contributed by atoms with Gasteiger partial charge in [0, 0.05) is 56.8 Å². The fourth-order valence-electron chi connectivity index (χ4n) is 3.45. The highest BCUT2D eigenvalue weighted by Gasteiger charge is 2.26. The van der Waals surface area contributed by atoms with Gasteiger partial charge in [-0.2, -0.15) is 10.5 Å². The van der Waals surface area contributed by atoms with Crippen LogP contribution in [0.3, 0.4) is 0 Å². The molecule has 1 aliphatic rings. The van der Waals surface area contributed by atoms with Gasteiger partial charge in [0.1, 0.15) is 11.6 Å². The van der Waals surface area contributed by atoms with Crippen molar-refractivity contribution in [1.29, 1.82) is 10.5 Å². The van der Waals surface area contributed by atoms with Crippen LogP contribution in [-0.2, 0) is 0 Å². The fraction of sp³-hybridized carbons (Fsp3) is 0.579. The summed E-state index contributed by atoms with van der Waals surface area (Å²) >= 11 is 0. The normalized spacial score (nSPS) is 18.3. The second-order valence-electron chi connectivity index (χ2n) is 6.45. The average molecular weight is 346 g/mol. The molecule has 25 heavy (non-hydrogen) atoms. The number of nitriles is 2. The lowest BCUT2D eigenvalue weighted by atomic mass is 10.0. The van der Waals surface area contributed by atoms with Crippen molar-refractivity contribution in [2.24, 2.45) is 5.92 Å². The SMILES string of the molecule is CC[C@@H](c1ccc(F)cc1F)N1CCN(C[C@@H](C#N)CCC#N)CC1. The first-order valence-electron chi connectivity index (χ1n) is 8.77. The molecule has 0 aromatic heterocycles. The summed E-state index contributed by atoms with van der Waals surface area (Å²) in [6, 6.07) is 8.10. The third kappa shape index (κ3) is 5.22. The average Bonchev–Trinajstić information content (AvgIpc) is 2.62. The summed E-state index contributed by atoms with van der Waals surface area (Å²) in [5, 5.41) is 17.8. The van der Waals surface area contributed by atoms with Gasteiger partial charge < -0.3 is 0 Å². The van der Waals surface area contributed by atoms with Crippen LogP contribution in [0.1, 0.15) is 37.8 Å². The van der Waals surface area contributed by atoms with Gasteiger partial charge in [-0.15, -0.1) is 0 Å². The van der Waals surface area contributed by atoms with E-state index in [1.54, 1.807) is 6.07 Å². The van der Waals surface area contributed by atoms with Gasteiger partial charge in [0.05, 0.1) is 18.1 Å². The Hall–Kier alpha value is -2.02. The van der Waals surface area contributed by atoms with E-state index in [4.69, 9.17) is 5.26 Å². The van der Waals surface area contributed by atoms with Crippen LogP contribution < -0.4 is 0 Å². The van der Waals surface area contributed by atoms with E-state index in [0.717, 1.165) is 38.7 Å². The lowest BCUT2D eigenvalue weighted by molar-refractivity contribution is 0.0862. The molecule has 1 aromatic rings. The molecular formula is C19H24F2N4. The molecule has 134 valence electrons. The van der Waals surface area contributed by atoms with Gasteiger partial charge >= 0.3 is 0 Å². The van der Waals surface area contributed by atoms with Gasteiger partial charge in [0.15, 0.2) is 0 Å². The molecule has 0 aliphatic carbocycles. The third-order valence-corrected chi connectivity index (χ3v) is 4.82. The van der Waals surface area contributed by atoms with E-state index >= 15 is 0 Å². The van der Waals surface area contributed by atoms with Crippen LogP contribution in [0.5, 0.6) is 0 Å². The summed E-state index contributed by atoms with van der Waals surface area (Å²) in [6.07, 6.45) is 1.76. The van der Waals surface area contributed by atoms with Gasteiger partial charge in [-0.1, -0.05) is 13.0 Å². The lowest BCUT2D eigenvalue weighted by Crippen LogP contribution is -2.48. The summed E-state index contributed by atoms with van der Waals surface area (Å²) in [5.41, 5.74) is 0.543. The van der Waals surface area contributed by atoms with Gasteiger partial charge in [0.25, 0.3) is 0 Å². The number of benzene rings is 1. The number of hydrogen-bond acceptors (Lipinski definition) is 4. The summed E-state index contributed by atoms with van der Waals surface area (Å²) in [6.45, 7) is 5.87. The van der Waals surface area contributed by atoms with Crippen LogP contribution in [-0.4, -0.2) is 42.5 Å². The molecule has 4 nitrogen and oxygen atoms in total. The van der Waals surface area contributed by atoms with E-state index < -0.39 is 11.6 Å². The first-order chi connectivity index (χ1) is 12.1. The predicted molar refractivity (Wildman–Crippen MR) is 91.4 cm³/mol. The Balaban J connectivity index is 1.94. The second kappa shape index (κ2) is 9.46. The molecule has 1 saturated heterocycles. The van der Waals surface area contributed by atoms with Crippen LogP contribution in [0.15, 0.2) is 18.2 Å². The van der Waals surface area contributed by atoms with Gasteiger partial charge in [-0.25, -0.2) is 8.78 Å². The van der Waals surface area contributed by atoms with E-state index in [2.05, 4.69) is 21.9 Å². The number of hydrogen-bond donors (Lipinski definition) is 0. The number of halogens is 2. The van der Waals surface area contributed by atoms with Crippen LogP contribution in [0, 0.1) is 40.2 Å². The largest absolute Gasteiger partial charge is 0.299 e. The molecule has 1 aliphatic heterocycles. The van der Waals surface area contributed by atoms with Crippen LogP contribution >= 0.6 is 0 Å². The monoisotopic (exact) mass is 346 g/mol. The van der Waals surface area contributed by atoms with Gasteiger partial charge in [-0.05, 0) is 18.9 Å². The highest BCUT2D eigenvalue weighted by molar-refractivity contribution is 5.22. The quantitative estimate of drug-likeness (QED) is 0.758. The number of nitrogens with zero attached hydrogens (tertiary/aromatic N) is 4. The predicted octanol–water partition coefficient (Wildman–Crippen LogP) is 3.48. The van der Waals surface area contributed by atoms with Crippen molar-refractivity contribution in [2.75, 3.05) is 32.7 Å². The Morgan fingerprint density at radius 3 is 2.44 bits per heavy atom. The van der Waals surface area contributed by atoms with E-state index in [9.17, 15) is 14.0 Å². The molecule has 1 heterocycles. The zero-order valence-electron chi connectivity index (χ0n) is 14.6. The molecule has 0 unspecified atom stereocenters. The molecular weight excluding hydrogens is 322 g/mol. The molecule has 0 amide bonds. The van der Waals surface area contributed by atoms with Crippen molar-refractivity contribution < 1.29 is 8.78 Å². The minimum atomic E-state index is -0.555. The van der Waals surface area contributed by atoms with Crippen LogP contribution in [0.2, 0.25) is 0 Å². The zero-order chi connectivity index (χ0) is 18.2. The molecule has 2 rings (SSSR count). The van der Waals surface area contributed by atoms with E-state index in [1.807, 2.05) is 6.92 Å². The Labute approximate surface area is 148 Å². The standard InChI is InChI=1S/C19H24F2N4/c1-2-19(17-6-5-16(20)12-18(17)21)25-10-8-24(9-11-25)14-15(13-23)4-3-7-22/h5-6,12,15,19H,2-4,8-11,14H2,1H3/t15-,19+/m1/s1. The maximum absolute atomic E-state index is 14.1. The Morgan fingerprint density at radius 2 is 1.88 bits per heavy atom. The molecule has 2 atom stereocenters. The van der Waals surface area contributed by atoms with Crippen molar-refractivity contribution in [1.82, 2.24) is 9.80 Å². The van der Waals surface area contributed by atoms with Crippen LogP contribution in [0.4, 0.5) is 8.78 Å². The van der Waals surface area contributed by atoms with E-state index in [1.165, 1.54) is 6.07 Å². The summed E-state index contributed by atoms with van der Waals surface area (Å²) < 4.78 is 27.3. The Morgan fingerprint density at radius 1 is 1.16 bits per heavy atom. The molecule has 0 bridgehead atoms. The highest BCUT2D eigenvalue weighted by Crippen LogP contribution is 2.28. The Kier molecular flexibility index (Phi) is 7.31. The molecule has 0 saturated carbocycles. The minimum Gasteiger partial charge on any atom is -0.299 e. The van der Waals surface area contributed by atoms with Crippen molar-refractivity contribution in [3.63, 3.8) is 0 Å². The fourth-order valence-corrected chi connectivity index (χ4v) is 3.45. The maximum Gasteiger partial charge on any atom is 0.130 e.